The van der Waals surface area contributed by atoms with Crippen LogP contribution in [0.2, 0.25) is 10.0 Å². The number of aliphatic imine (C=N–C) groups is 1. The summed E-state index contributed by atoms with van der Waals surface area (Å²) in [5.41, 5.74) is 3.65. The number of ether oxygens (including phenoxy) is 2. The van der Waals surface area contributed by atoms with Gasteiger partial charge in [0.15, 0.2) is 11.5 Å². The molecule has 0 radical (unpaired) electrons. The molecule has 0 N–H and O–H groups in total. The van der Waals surface area contributed by atoms with Crippen molar-refractivity contribution in [2.75, 3.05) is 7.11 Å². The molecule has 0 heterocycles. The van der Waals surface area contributed by atoms with Crippen LogP contribution in [0.3, 0.4) is 0 Å². The number of nitrogens with zero attached hydrogens (tertiary/aromatic N) is 1. The van der Waals surface area contributed by atoms with Gasteiger partial charge in [-0.25, -0.2) is 0 Å². The van der Waals surface area contributed by atoms with Gasteiger partial charge in [-0.2, -0.15) is 0 Å². The molecule has 144 valence electrons. The Morgan fingerprint density at radius 2 is 1.82 bits per heavy atom. The van der Waals surface area contributed by atoms with Gasteiger partial charge in [-0.15, -0.1) is 0 Å². The van der Waals surface area contributed by atoms with Gasteiger partial charge in [0.1, 0.15) is 6.61 Å². The SMILES string of the molecule is COc1cc(C=Nc2cccc(Cl)c2C)cc(Br)c1OCc1ccc(Cl)cc1. The highest BCUT2D eigenvalue weighted by Crippen LogP contribution is 2.37. The van der Waals surface area contributed by atoms with Gasteiger partial charge in [0.25, 0.3) is 0 Å². The van der Waals surface area contributed by atoms with Crippen molar-refractivity contribution in [2.45, 2.75) is 13.5 Å². The number of benzene rings is 3. The third-order valence-corrected chi connectivity index (χ3v) is 5.39. The van der Waals surface area contributed by atoms with Crippen molar-refractivity contribution in [3.63, 3.8) is 0 Å². The van der Waals surface area contributed by atoms with Crippen LogP contribution in [0, 0.1) is 6.92 Å². The van der Waals surface area contributed by atoms with E-state index < -0.39 is 0 Å². The molecule has 0 aromatic heterocycles. The van der Waals surface area contributed by atoms with Gasteiger partial charge >= 0.3 is 0 Å². The molecule has 6 heteroatoms. The monoisotopic (exact) mass is 477 g/mol. The Morgan fingerprint density at radius 3 is 2.54 bits per heavy atom. The fourth-order valence-electron chi connectivity index (χ4n) is 2.57. The molecule has 3 rings (SSSR count). The van der Waals surface area contributed by atoms with E-state index in [1.807, 2.05) is 61.5 Å². The largest absolute Gasteiger partial charge is 0.493 e. The summed E-state index contributed by atoms with van der Waals surface area (Å²) in [7, 11) is 1.61. The first-order chi connectivity index (χ1) is 13.5. The van der Waals surface area contributed by atoms with E-state index >= 15 is 0 Å². The first-order valence-electron chi connectivity index (χ1n) is 8.52. The number of methoxy groups -OCH3 is 1. The maximum absolute atomic E-state index is 6.16. The molecule has 0 saturated heterocycles. The molecule has 0 aliphatic carbocycles. The van der Waals surface area contributed by atoms with Crippen LogP contribution in [0.5, 0.6) is 11.5 Å². The molecule has 0 aliphatic rings. The summed E-state index contributed by atoms with van der Waals surface area (Å²) in [5.74, 6) is 1.25. The third kappa shape index (κ3) is 5.07. The van der Waals surface area contributed by atoms with E-state index in [4.69, 9.17) is 32.7 Å². The molecule has 0 aliphatic heterocycles. The van der Waals surface area contributed by atoms with Crippen LogP contribution < -0.4 is 9.47 Å². The summed E-state index contributed by atoms with van der Waals surface area (Å²) >= 11 is 15.6. The second kappa shape index (κ2) is 9.46. The van der Waals surface area contributed by atoms with Crippen LogP contribution in [-0.4, -0.2) is 13.3 Å². The fraction of sp³-hybridized carbons (Fsp3) is 0.136. The zero-order valence-corrected chi connectivity index (χ0v) is 18.5. The summed E-state index contributed by atoms with van der Waals surface area (Å²) in [5, 5.41) is 1.39. The molecular formula is C22H18BrCl2NO2. The van der Waals surface area contributed by atoms with Gasteiger partial charge in [0, 0.05) is 16.3 Å². The van der Waals surface area contributed by atoms with E-state index in [0.717, 1.165) is 26.9 Å². The predicted octanol–water partition coefficient (Wildman–Crippen LogP) is 7.40. The van der Waals surface area contributed by atoms with Crippen molar-refractivity contribution in [1.29, 1.82) is 0 Å². The standard InChI is InChI=1S/C22H18BrCl2NO2/c1-14-19(25)4-3-5-20(14)26-12-16-10-18(23)22(21(11-16)27-2)28-13-15-6-8-17(24)9-7-15/h3-12H,13H2,1-2H3. The lowest BCUT2D eigenvalue weighted by molar-refractivity contribution is 0.282. The van der Waals surface area contributed by atoms with Crippen LogP contribution >= 0.6 is 39.1 Å². The van der Waals surface area contributed by atoms with Crippen molar-refractivity contribution in [3.05, 3.63) is 85.8 Å². The summed E-state index contributed by atoms with van der Waals surface area (Å²) in [6.45, 7) is 2.35. The molecular weight excluding hydrogens is 461 g/mol. The first-order valence-corrected chi connectivity index (χ1v) is 10.1. The van der Waals surface area contributed by atoms with Crippen molar-refractivity contribution < 1.29 is 9.47 Å². The fourth-order valence-corrected chi connectivity index (χ4v) is 3.44. The molecule has 0 bridgehead atoms. The maximum Gasteiger partial charge on any atom is 0.175 e. The van der Waals surface area contributed by atoms with Crippen LogP contribution in [-0.2, 0) is 6.61 Å². The minimum atomic E-state index is 0.404. The van der Waals surface area contributed by atoms with Gasteiger partial charge in [0.05, 0.1) is 17.3 Å². The molecule has 28 heavy (non-hydrogen) atoms. The highest BCUT2D eigenvalue weighted by Gasteiger charge is 2.12. The number of hydrogen-bond acceptors (Lipinski definition) is 3. The molecule has 0 spiro atoms. The van der Waals surface area contributed by atoms with Gasteiger partial charge in [0.2, 0.25) is 0 Å². The molecule has 0 fully saturated rings. The lowest BCUT2D eigenvalue weighted by Crippen LogP contribution is -1.99. The number of hydrogen-bond donors (Lipinski definition) is 0. The summed E-state index contributed by atoms with van der Waals surface area (Å²) in [6, 6.07) is 17.0. The second-order valence-electron chi connectivity index (χ2n) is 6.09. The van der Waals surface area contributed by atoms with Crippen LogP contribution in [0.4, 0.5) is 5.69 Å². The van der Waals surface area contributed by atoms with Crippen molar-refractivity contribution in [2.24, 2.45) is 4.99 Å². The lowest BCUT2D eigenvalue weighted by atomic mass is 10.2. The number of halogens is 3. The van der Waals surface area contributed by atoms with Gasteiger partial charge in [-0.3, -0.25) is 4.99 Å². The molecule has 0 atom stereocenters. The molecule has 3 nitrogen and oxygen atoms in total. The normalized spacial score (nSPS) is 11.0. The predicted molar refractivity (Wildman–Crippen MR) is 120 cm³/mol. The highest BCUT2D eigenvalue weighted by atomic mass is 79.9. The van der Waals surface area contributed by atoms with Gasteiger partial charge in [-0.1, -0.05) is 41.4 Å². The van der Waals surface area contributed by atoms with E-state index in [1.54, 1.807) is 13.3 Å². The van der Waals surface area contributed by atoms with Crippen LogP contribution in [0.25, 0.3) is 0 Å². The van der Waals surface area contributed by atoms with E-state index in [1.165, 1.54) is 0 Å². The minimum Gasteiger partial charge on any atom is -0.493 e. The molecule has 3 aromatic carbocycles. The Kier molecular flexibility index (Phi) is 7.00. The first kappa shape index (κ1) is 20.7. The topological polar surface area (TPSA) is 30.8 Å². The highest BCUT2D eigenvalue weighted by molar-refractivity contribution is 9.10. The number of rotatable bonds is 6. The Bertz CT molecular complexity index is 1000. The summed E-state index contributed by atoms with van der Waals surface area (Å²) in [6.07, 6.45) is 1.77. The summed E-state index contributed by atoms with van der Waals surface area (Å²) in [4.78, 5) is 4.55. The molecule has 3 aromatic rings. The average Bonchev–Trinajstić information content (AvgIpc) is 2.69. The molecule has 0 unspecified atom stereocenters. The molecule has 0 saturated carbocycles. The zero-order valence-electron chi connectivity index (χ0n) is 15.4. The lowest BCUT2D eigenvalue weighted by Gasteiger charge is -2.13. The second-order valence-corrected chi connectivity index (χ2v) is 7.79. The van der Waals surface area contributed by atoms with E-state index in [9.17, 15) is 0 Å². The maximum atomic E-state index is 6.16. The summed E-state index contributed by atoms with van der Waals surface area (Å²) < 4.78 is 12.3. The Morgan fingerprint density at radius 1 is 1.07 bits per heavy atom. The minimum absolute atomic E-state index is 0.404. The van der Waals surface area contributed by atoms with E-state index in [2.05, 4.69) is 20.9 Å². The van der Waals surface area contributed by atoms with Crippen molar-refractivity contribution in [3.8, 4) is 11.5 Å². The van der Waals surface area contributed by atoms with Crippen LogP contribution in [0.1, 0.15) is 16.7 Å². The Hall–Kier alpha value is -2.01. The average molecular weight is 479 g/mol. The van der Waals surface area contributed by atoms with E-state index in [-0.39, 0.29) is 0 Å². The zero-order chi connectivity index (χ0) is 20.1. The van der Waals surface area contributed by atoms with Gasteiger partial charge < -0.3 is 9.47 Å². The smallest absolute Gasteiger partial charge is 0.175 e. The Balaban J connectivity index is 1.81. The van der Waals surface area contributed by atoms with E-state index in [0.29, 0.717) is 28.2 Å². The van der Waals surface area contributed by atoms with Crippen LogP contribution in [0.15, 0.2) is 64.1 Å². The van der Waals surface area contributed by atoms with Gasteiger partial charge in [-0.05, 0) is 75.9 Å². The third-order valence-electron chi connectivity index (χ3n) is 4.14. The Labute approximate surface area is 183 Å². The van der Waals surface area contributed by atoms with Crippen molar-refractivity contribution >= 4 is 51.0 Å². The quantitative estimate of drug-likeness (QED) is 0.345. The molecule has 0 amide bonds. The van der Waals surface area contributed by atoms with Crippen molar-refractivity contribution in [1.82, 2.24) is 0 Å².